The lowest BCUT2D eigenvalue weighted by Crippen LogP contribution is -2.11. The average Bonchev–Trinajstić information content (AvgIpc) is 3.30. The van der Waals surface area contributed by atoms with Gasteiger partial charge in [0.05, 0.1) is 38.0 Å². The maximum absolute atomic E-state index is 13.7. The average molecular weight is 598 g/mol. The number of rotatable bonds is 10. The Balaban J connectivity index is 1.71. The number of halogens is 2. The minimum Gasteiger partial charge on any atom is -0.494 e. The molecule has 13 heteroatoms. The summed E-state index contributed by atoms with van der Waals surface area (Å²) in [6.07, 6.45) is 0. The van der Waals surface area contributed by atoms with Crippen molar-refractivity contribution in [1.29, 1.82) is 0 Å². The maximum Gasteiger partial charge on any atom is 0.213 e. The number of para-hydroxylation sites is 1. The van der Waals surface area contributed by atoms with E-state index in [1.54, 1.807) is 41.0 Å². The van der Waals surface area contributed by atoms with Gasteiger partial charge in [-0.05, 0) is 42.8 Å². The molecular formula is C28H25ClFN5O5S. The van der Waals surface area contributed by atoms with Gasteiger partial charge in [0.1, 0.15) is 28.7 Å². The van der Waals surface area contributed by atoms with Crippen molar-refractivity contribution >= 4 is 32.7 Å². The van der Waals surface area contributed by atoms with Crippen molar-refractivity contribution in [3.05, 3.63) is 82.9 Å². The van der Waals surface area contributed by atoms with Crippen LogP contribution in [-0.2, 0) is 21.3 Å². The first-order valence-corrected chi connectivity index (χ1v) is 14.6. The van der Waals surface area contributed by atoms with Crippen LogP contribution in [0.4, 0.5) is 4.39 Å². The van der Waals surface area contributed by atoms with Crippen LogP contribution in [0, 0.1) is 5.82 Å². The first kappa shape index (κ1) is 28.2. The predicted octanol–water partition coefficient (Wildman–Crippen LogP) is 5.20. The van der Waals surface area contributed by atoms with E-state index in [1.807, 2.05) is 6.92 Å². The number of imidazole rings is 1. The summed E-state index contributed by atoms with van der Waals surface area (Å²) in [5.74, 6) is 0.109. The van der Waals surface area contributed by atoms with E-state index in [1.165, 1.54) is 38.5 Å². The third kappa shape index (κ3) is 5.93. The molecule has 10 nitrogen and oxygen atoms in total. The van der Waals surface area contributed by atoms with Gasteiger partial charge < -0.3 is 14.2 Å². The van der Waals surface area contributed by atoms with Crippen molar-refractivity contribution in [3.63, 3.8) is 0 Å². The fraction of sp³-hybridized carbons (Fsp3) is 0.214. The fourth-order valence-corrected chi connectivity index (χ4v) is 6.02. The molecule has 2 aromatic carbocycles. The summed E-state index contributed by atoms with van der Waals surface area (Å²) in [6, 6.07) is 15.9. The molecule has 0 aliphatic rings. The van der Waals surface area contributed by atoms with Crippen LogP contribution in [0.3, 0.4) is 0 Å². The molecule has 5 rings (SSSR count). The lowest BCUT2D eigenvalue weighted by Gasteiger charge is -2.16. The number of pyridine rings is 1. The van der Waals surface area contributed by atoms with Gasteiger partial charge in [-0.3, -0.25) is 4.57 Å². The normalized spacial score (nSPS) is 11.5. The van der Waals surface area contributed by atoms with Gasteiger partial charge >= 0.3 is 0 Å². The van der Waals surface area contributed by atoms with Crippen molar-refractivity contribution in [3.8, 4) is 34.6 Å². The Morgan fingerprint density at radius 1 is 0.902 bits per heavy atom. The molecule has 212 valence electrons. The highest BCUT2D eigenvalue weighted by atomic mass is 35.5. The Labute approximate surface area is 240 Å². The SMILES string of the molecule is CCOc1cccc(-c2nc3nc(Cl)c(CS(=O)(=O)Cc4cccc(F)c4)nc3n2-c2c(OC)cccc2OC)n1. The molecule has 0 fully saturated rings. The van der Waals surface area contributed by atoms with Crippen LogP contribution in [0.5, 0.6) is 17.4 Å². The Morgan fingerprint density at radius 3 is 2.29 bits per heavy atom. The van der Waals surface area contributed by atoms with Crippen molar-refractivity contribution in [2.45, 2.75) is 18.4 Å². The molecule has 0 aliphatic heterocycles. The molecule has 0 radical (unpaired) electrons. The molecule has 0 atom stereocenters. The minimum absolute atomic E-state index is 0.00756. The molecule has 41 heavy (non-hydrogen) atoms. The second-order valence-electron chi connectivity index (χ2n) is 8.85. The summed E-state index contributed by atoms with van der Waals surface area (Å²) in [6.45, 7) is 2.27. The Morgan fingerprint density at radius 2 is 1.61 bits per heavy atom. The largest absolute Gasteiger partial charge is 0.494 e. The number of sulfone groups is 1. The quantitative estimate of drug-likeness (QED) is 0.214. The summed E-state index contributed by atoms with van der Waals surface area (Å²) in [5.41, 5.74) is 1.54. The molecule has 0 N–H and O–H groups in total. The highest BCUT2D eigenvalue weighted by Crippen LogP contribution is 2.38. The first-order valence-electron chi connectivity index (χ1n) is 12.4. The van der Waals surface area contributed by atoms with Crippen molar-refractivity contribution in [2.75, 3.05) is 20.8 Å². The van der Waals surface area contributed by atoms with Crippen LogP contribution in [0.25, 0.3) is 28.5 Å². The van der Waals surface area contributed by atoms with Gasteiger partial charge in [-0.1, -0.05) is 35.9 Å². The van der Waals surface area contributed by atoms with Crippen LogP contribution in [0.1, 0.15) is 18.2 Å². The van der Waals surface area contributed by atoms with Gasteiger partial charge in [0.2, 0.25) is 5.88 Å². The number of hydrogen-bond acceptors (Lipinski definition) is 9. The first-order chi connectivity index (χ1) is 19.7. The van der Waals surface area contributed by atoms with Gasteiger partial charge in [0.15, 0.2) is 32.1 Å². The molecule has 0 saturated heterocycles. The number of ether oxygens (including phenoxy) is 3. The fourth-order valence-electron chi connectivity index (χ4n) is 4.34. The maximum atomic E-state index is 13.7. The highest BCUT2D eigenvalue weighted by molar-refractivity contribution is 7.89. The van der Waals surface area contributed by atoms with Gasteiger partial charge in [-0.15, -0.1) is 0 Å². The Bertz CT molecular complexity index is 1830. The highest BCUT2D eigenvalue weighted by Gasteiger charge is 2.26. The Kier molecular flexibility index (Phi) is 8.04. The van der Waals surface area contributed by atoms with Gasteiger partial charge in [-0.2, -0.15) is 0 Å². The summed E-state index contributed by atoms with van der Waals surface area (Å²) in [4.78, 5) is 18.3. The van der Waals surface area contributed by atoms with Gasteiger partial charge in [0.25, 0.3) is 0 Å². The van der Waals surface area contributed by atoms with Crippen LogP contribution < -0.4 is 14.2 Å². The van der Waals surface area contributed by atoms with E-state index in [0.717, 1.165) is 0 Å². The molecule has 0 unspecified atom stereocenters. The molecule has 3 heterocycles. The van der Waals surface area contributed by atoms with Crippen LogP contribution in [0.15, 0.2) is 60.7 Å². The van der Waals surface area contributed by atoms with E-state index in [0.29, 0.717) is 46.8 Å². The lowest BCUT2D eigenvalue weighted by molar-refractivity contribution is 0.327. The number of methoxy groups -OCH3 is 2. The van der Waals surface area contributed by atoms with Crippen molar-refractivity contribution in [1.82, 2.24) is 24.5 Å². The van der Waals surface area contributed by atoms with Crippen LogP contribution in [0.2, 0.25) is 5.15 Å². The second-order valence-corrected chi connectivity index (χ2v) is 11.3. The second kappa shape index (κ2) is 11.7. The number of aromatic nitrogens is 5. The summed E-state index contributed by atoms with van der Waals surface area (Å²) in [7, 11) is -0.794. The summed E-state index contributed by atoms with van der Waals surface area (Å²) >= 11 is 6.44. The molecular weight excluding hydrogens is 573 g/mol. The minimum atomic E-state index is -3.82. The van der Waals surface area contributed by atoms with E-state index < -0.39 is 27.2 Å². The van der Waals surface area contributed by atoms with Gasteiger partial charge in [-0.25, -0.2) is 32.7 Å². The number of benzene rings is 2. The molecule has 3 aromatic heterocycles. The third-order valence-electron chi connectivity index (χ3n) is 6.02. The van der Waals surface area contributed by atoms with E-state index in [-0.39, 0.29) is 22.1 Å². The lowest BCUT2D eigenvalue weighted by atomic mass is 10.2. The van der Waals surface area contributed by atoms with Crippen LogP contribution >= 0.6 is 11.6 Å². The zero-order chi connectivity index (χ0) is 29.1. The van der Waals surface area contributed by atoms with Crippen LogP contribution in [-0.4, -0.2) is 53.7 Å². The van der Waals surface area contributed by atoms with E-state index in [9.17, 15) is 12.8 Å². The predicted molar refractivity (Wildman–Crippen MR) is 152 cm³/mol. The van der Waals surface area contributed by atoms with Crippen molar-refractivity contribution in [2.24, 2.45) is 0 Å². The smallest absolute Gasteiger partial charge is 0.213 e. The summed E-state index contributed by atoms with van der Waals surface area (Å²) < 4.78 is 58.4. The van der Waals surface area contributed by atoms with E-state index in [4.69, 9.17) is 25.8 Å². The topological polar surface area (TPSA) is 118 Å². The van der Waals surface area contributed by atoms with Crippen molar-refractivity contribution < 1.29 is 27.0 Å². The molecule has 0 amide bonds. The monoisotopic (exact) mass is 597 g/mol. The number of hydrogen-bond donors (Lipinski definition) is 0. The standard InChI is InChI=1S/C28H25ClFN5O5S/c1-4-40-23-13-6-10-19(31-23)27-34-26-28(35(27)24-21(38-2)11-7-12-22(24)39-3)32-20(25(29)33-26)16-41(36,37)15-17-8-5-9-18(30)14-17/h5-14H,4,15-16H2,1-3H3. The molecule has 5 aromatic rings. The van der Waals surface area contributed by atoms with E-state index in [2.05, 4.69) is 19.9 Å². The molecule has 0 spiro atoms. The molecule has 0 bridgehead atoms. The van der Waals surface area contributed by atoms with Gasteiger partial charge in [0, 0.05) is 6.07 Å². The van der Waals surface area contributed by atoms with E-state index >= 15 is 0 Å². The zero-order valence-corrected chi connectivity index (χ0v) is 23.9. The molecule has 0 saturated carbocycles. The summed E-state index contributed by atoms with van der Waals surface area (Å²) in [5, 5.41) is -0.125. The Hall–Kier alpha value is -4.29. The number of nitrogens with zero attached hydrogens (tertiary/aromatic N) is 5. The molecule has 0 aliphatic carbocycles. The zero-order valence-electron chi connectivity index (χ0n) is 22.3. The number of fused-ring (bicyclic) bond motifs is 1. The third-order valence-corrected chi connectivity index (χ3v) is 7.81.